The number of hydrogen-bond acceptors (Lipinski definition) is 1. The maximum Gasteiger partial charge on any atom is 0.00343 e. The van der Waals surface area contributed by atoms with E-state index in [1.807, 2.05) is 7.05 Å². The smallest absolute Gasteiger partial charge is 0.00343 e. The molecule has 0 saturated carbocycles. The minimum absolute atomic E-state index is 0.982. The molecule has 0 amide bonds. The van der Waals surface area contributed by atoms with Crippen molar-refractivity contribution in [2.75, 3.05) is 7.05 Å². The average molecular weight is 251 g/mol. The van der Waals surface area contributed by atoms with Crippen molar-refractivity contribution in [3.05, 3.63) is 71.9 Å². The van der Waals surface area contributed by atoms with Crippen LogP contribution >= 0.6 is 0 Å². The molecule has 0 saturated heterocycles. The number of benzene rings is 2. The van der Waals surface area contributed by atoms with Gasteiger partial charge < -0.3 is 5.32 Å². The van der Waals surface area contributed by atoms with Gasteiger partial charge in [-0.3, -0.25) is 0 Å². The van der Waals surface area contributed by atoms with Gasteiger partial charge in [-0.05, 0) is 42.0 Å². The van der Waals surface area contributed by atoms with Gasteiger partial charge in [0.25, 0.3) is 0 Å². The highest BCUT2D eigenvalue weighted by molar-refractivity contribution is 5.64. The van der Waals surface area contributed by atoms with Crippen molar-refractivity contribution in [2.45, 2.75) is 19.8 Å². The molecule has 2 aromatic rings. The highest BCUT2D eigenvalue weighted by atomic mass is 14.8. The molecule has 0 unspecified atom stereocenters. The minimum atomic E-state index is 0.982. The lowest BCUT2D eigenvalue weighted by atomic mass is 9.97. The standard InChI is InChI=1S/C18H21N/c1-14-9-11-18(16-7-5-4-6-8-16)13-17(14)12-10-15(2)19-3/h4-9,11,13,19H,2,10,12H2,1,3H3. The number of rotatable bonds is 5. The first-order valence-corrected chi connectivity index (χ1v) is 6.71. The molecule has 0 atom stereocenters. The van der Waals surface area contributed by atoms with Crippen molar-refractivity contribution in [3.8, 4) is 11.1 Å². The van der Waals surface area contributed by atoms with Gasteiger partial charge in [0.1, 0.15) is 0 Å². The molecule has 1 nitrogen and oxygen atoms in total. The summed E-state index contributed by atoms with van der Waals surface area (Å²) in [6.07, 6.45) is 2.02. The molecule has 0 aromatic heterocycles. The second kappa shape index (κ2) is 6.24. The third-order valence-corrected chi connectivity index (χ3v) is 3.51. The van der Waals surface area contributed by atoms with Crippen LogP contribution in [0.1, 0.15) is 17.5 Å². The Morgan fingerprint density at radius 3 is 2.47 bits per heavy atom. The van der Waals surface area contributed by atoms with Crippen LogP contribution in [0.25, 0.3) is 11.1 Å². The SMILES string of the molecule is C=C(CCc1cc(-c2ccccc2)ccc1C)NC. The van der Waals surface area contributed by atoms with Gasteiger partial charge in [-0.2, -0.15) is 0 Å². The number of aryl methyl sites for hydroxylation is 2. The summed E-state index contributed by atoms with van der Waals surface area (Å²) in [5, 5.41) is 3.11. The predicted octanol–water partition coefficient (Wildman–Crippen LogP) is 4.33. The van der Waals surface area contributed by atoms with Crippen molar-refractivity contribution >= 4 is 0 Å². The van der Waals surface area contributed by atoms with E-state index in [9.17, 15) is 0 Å². The van der Waals surface area contributed by atoms with E-state index in [0.717, 1.165) is 18.5 Å². The van der Waals surface area contributed by atoms with Crippen molar-refractivity contribution in [1.29, 1.82) is 0 Å². The van der Waals surface area contributed by atoms with Crippen LogP contribution in [0.2, 0.25) is 0 Å². The minimum Gasteiger partial charge on any atom is -0.392 e. The summed E-state index contributed by atoms with van der Waals surface area (Å²) in [5.41, 5.74) is 6.40. The first kappa shape index (κ1) is 13.4. The first-order chi connectivity index (χ1) is 9.20. The normalized spacial score (nSPS) is 10.2. The van der Waals surface area contributed by atoms with E-state index >= 15 is 0 Å². The van der Waals surface area contributed by atoms with Gasteiger partial charge >= 0.3 is 0 Å². The molecule has 98 valence electrons. The van der Waals surface area contributed by atoms with E-state index in [2.05, 4.69) is 67.4 Å². The Kier molecular flexibility index (Phi) is 4.40. The topological polar surface area (TPSA) is 12.0 Å². The summed E-state index contributed by atoms with van der Waals surface area (Å²) < 4.78 is 0. The molecule has 0 aliphatic heterocycles. The Morgan fingerprint density at radius 2 is 1.79 bits per heavy atom. The van der Waals surface area contributed by atoms with Crippen molar-refractivity contribution in [3.63, 3.8) is 0 Å². The summed E-state index contributed by atoms with van der Waals surface area (Å²) in [6, 6.07) is 17.2. The summed E-state index contributed by atoms with van der Waals surface area (Å²) in [4.78, 5) is 0. The molecule has 0 bridgehead atoms. The third kappa shape index (κ3) is 3.47. The predicted molar refractivity (Wildman–Crippen MR) is 83.1 cm³/mol. The number of hydrogen-bond donors (Lipinski definition) is 1. The van der Waals surface area contributed by atoms with Crippen molar-refractivity contribution in [1.82, 2.24) is 5.32 Å². The molecular formula is C18H21N. The summed E-state index contributed by atoms with van der Waals surface area (Å²) in [7, 11) is 1.93. The fraction of sp³-hybridized carbons (Fsp3) is 0.222. The van der Waals surface area contributed by atoms with E-state index in [-0.39, 0.29) is 0 Å². The molecule has 0 heterocycles. The molecule has 2 rings (SSSR count). The van der Waals surface area contributed by atoms with Crippen molar-refractivity contribution < 1.29 is 0 Å². The molecule has 0 radical (unpaired) electrons. The van der Waals surface area contributed by atoms with E-state index in [1.54, 1.807) is 0 Å². The molecule has 0 fully saturated rings. The van der Waals surface area contributed by atoms with Crippen molar-refractivity contribution in [2.24, 2.45) is 0 Å². The van der Waals surface area contributed by atoms with Crippen LogP contribution in [0.4, 0.5) is 0 Å². The third-order valence-electron chi connectivity index (χ3n) is 3.51. The van der Waals surface area contributed by atoms with Crippen LogP contribution in [-0.4, -0.2) is 7.05 Å². The molecule has 0 spiro atoms. The van der Waals surface area contributed by atoms with Gasteiger partial charge in [-0.25, -0.2) is 0 Å². The van der Waals surface area contributed by atoms with E-state index in [1.165, 1.54) is 22.3 Å². The lowest BCUT2D eigenvalue weighted by Gasteiger charge is -2.10. The first-order valence-electron chi connectivity index (χ1n) is 6.71. The van der Waals surface area contributed by atoms with Crippen LogP contribution in [0.15, 0.2) is 60.8 Å². The zero-order valence-corrected chi connectivity index (χ0v) is 11.7. The molecule has 1 N–H and O–H groups in total. The largest absolute Gasteiger partial charge is 0.392 e. The summed E-state index contributed by atoms with van der Waals surface area (Å²) in [6.45, 7) is 6.16. The number of allylic oxidation sites excluding steroid dienone is 1. The van der Waals surface area contributed by atoms with Crippen LogP contribution in [-0.2, 0) is 6.42 Å². The van der Waals surface area contributed by atoms with Gasteiger partial charge in [0.05, 0.1) is 0 Å². The van der Waals surface area contributed by atoms with Crippen LogP contribution in [0, 0.1) is 6.92 Å². The monoisotopic (exact) mass is 251 g/mol. The Balaban J connectivity index is 2.22. The molecule has 19 heavy (non-hydrogen) atoms. The lowest BCUT2D eigenvalue weighted by Crippen LogP contribution is -2.05. The fourth-order valence-corrected chi connectivity index (χ4v) is 2.16. The summed E-state index contributed by atoms with van der Waals surface area (Å²) >= 11 is 0. The van der Waals surface area contributed by atoms with Gasteiger partial charge in [-0.1, -0.05) is 55.1 Å². The van der Waals surface area contributed by atoms with Crippen LogP contribution < -0.4 is 5.32 Å². The highest BCUT2D eigenvalue weighted by Gasteiger charge is 2.03. The van der Waals surface area contributed by atoms with Gasteiger partial charge in [0.2, 0.25) is 0 Å². The maximum atomic E-state index is 3.99. The molecule has 0 aliphatic rings. The molecule has 2 aromatic carbocycles. The zero-order valence-electron chi connectivity index (χ0n) is 11.7. The second-order valence-corrected chi connectivity index (χ2v) is 4.86. The maximum absolute atomic E-state index is 3.99. The zero-order chi connectivity index (χ0) is 13.7. The molecule has 0 aliphatic carbocycles. The highest BCUT2D eigenvalue weighted by Crippen LogP contribution is 2.23. The Labute approximate surface area is 116 Å². The number of nitrogens with one attached hydrogen (secondary N) is 1. The molecule has 1 heteroatoms. The second-order valence-electron chi connectivity index (χ2n) is 4.86. The van der Waals surface area contributed by atoms with Crippen LogP contribution in [0.3, 0.4) is 0 Å². The Hall–Kier alpha value is -2.02. The fourth-order valence-electron chi connectivity index (χ4n) is 2.16. The van der Waals surface area contributed by atoms with E-state index < -0.39 is 0 Å². The van der Waals surface area contributed by atoms with E-state index in [0.29, 0.717) is 0 Å². The van der Waals surface area contributed by atoms with Gasteiger partial charge in [0, 0.05) is 12.7 Å². The summed E-state index contributed by atoms with van der Waals surface area (Å²) in [5.74, 6) is 0. The average Bonchev–Trinajstić information content (AvgIpc) is 2.47. The van der Waals surface area contributed by atoms with Gasteiger partial charge in [-0.15, -0.1) is 0 Å². The van der Waals surface area contributed by atoms with Crippen LogP contribution in [0.5, 0.6) is 0 Å². The quantitative estimate of drug-likeness (QED) is 0.834. The van der Waals surface area contributed by atoms with E-state index in [4.69, 9.17) is 0 Å². The Morgan fingerprint density at radius 1 is 1.05 bits per heavy atom. The van der Waals surface area contributed by atoms with Gasteiger partial charge in [0.15, 0.2) is 0 Å². The Bertz CT molecular complexity index is 555. The molecular weight excluding hydrogens is 230 g/mol. The lowest BCUT2D eigenvalue weighted by molar-refractivity contribution is 0.838.